The molecule has 0 saturated carbocycles. The Morgan fingerprint density at radius 1 is 1.53 bits per heavy atom. The van der Waals surface area contributed by atoms with Gasteiger partial charge < -0.3 is 14.7 Å². The molecule has 96 valence electrons. The van der Waals surface area contributed by atoms with Crippen LogP contribution in [0.3, 0.4) is 0 Å². The van der Waals surface area contributed by atoms with Crippen molar-refractivity contribution < 1.29 is 34.3 Å². The van der Waals surface area contributed by atoms with Crippen molar-refractivity contribution in [2.45, 2.75) is 16.6 Å². The fourth-order valence-electron chi connectivity index (χ4n) is 1.43. The van der Waals surface area contributed by atoms with Gasteiger partial charge in [0, 0.05) is 6.42 Å². The number of halogens is 3. The first kappa shape index (κ1) is 14.5. The van der Waals surface area contributed by atoms with Crippen LogP contribution in [0.1, 0.15) is 12.8 Å². The Morgan fingerprint density at radius 2 is 2.06 bits per heavy atom. The zero-order chi connectivity index (χ0) is 13.4. The lowest BCUT2D eigenvalue weighted by atomic mass is 10.1. The van der Waals surface area contributed by atoms with Gasteiger partial charge in [-0.15, -0.1) is 0 Å². The summed E-state index contributed by atoms with van der Waals surface area (Å²) in [6, 6.07) is 0. The Labute approximate surface area is 110 Å². The second kappa shape index (κ2) is 4.58. The first-order valence-corrected chi connectivity index (χ1v) is 5.36. The van der Waals surface area contributed by atoms with Crippen LogP contribution in [0.4, 0.5) is 4.79 Å². The zero-order valence-electron chi connectivity index (χ0n) is 8.06. The third kappa shape index (κ3) is 3.20. The van der Waals surface area contributed by atoms with Crippen LogP contribution in [-0.4, -0.2) is 31.8 Å². The van der Waals surface area contributed by atoms with E-state index in [4.69, 9.17) is 34.8 Å². The molecule has 0 aromatic carbocycles. The molecular weight excluding hydrogens is 300 g/mol. The zero-order valence-corrected chi connectivity index (χ0v) is 10.3. The average Bonchev–Trinajstić information content (AvgIpc) is 2.27. The summed E-state index contributed by atoms with van der Waals surface area (Å²) in [7, 11) is 0. The first-order chi connectivity index (χ1) is 7.56. The Hall–Kier alpha value is -0.600. The molecular formula is C7H6Cl3NO6. The van der Waals surface area contributed by atoms with Crippen molar-refractivity contribution in [2.24, 2.45) is 5.92 Å². The second-order valence-corrected chi connectivity index (χ2v) is 5.89. The molecule has 1 heterocycles. The summed E-state index contributed by atoms with van der Waals surface area (Å²) in [5.41, 5.74) is 0. The summed E-state index contributed by atoms with van der Waals surface area (Å²) < 4.78 is -1.81. The summed E-state index contributed by atoms with van der Waals surface area (Å²) in [5.74, 6) is -3.52. The molecule has 0 aromatic heterocycles. The molecule has 7 nitrogen and oxygen atoms in total. The topological polar surface area (TPSA) is 104 Å². The molecule has 1 aliphatic rings. The van der Waals surface area contributed by atoms with Gasteiger partial charge in [0.2, 0.25) is 0 Å². The fourth-order valence-corrected chi connectivity index (χ4v) is 1.99. The standard InChI is InChI=1S/C7H6Cl3NO6/c8-7(9,10)2-3-1-4(12)11(16,5(3)13)17-6(14)15/h3,16H,1-2H2. The maximum absolute atomic E-state index is 11.6. The lowest BCUT2D eigenvalue weighted by Gasteiger charge is -2.21. The minimum Gasteiger partial charge on any atom is -0.422 e. The lowest BCUT2D eigenvalue weighted by molar-refractivity contribution is -1.12. The third-order valence-corrected chi connectivity index (χ3v) is 2.55. The van der Waals surface area contributed by atoms with Gasteiger partial charge in [0.25, 0.3) is 0 Å². The van der Waals surface area contributed by atoms with Gasteiger partial charge in [-0.2, -0.15) is 5.21 Å². The van der Waals surface area contributed by atoms with E-state index in [2.05, 4.69) is 4.84 Å². The fraction of sp³-hybridized carbons (Fsp3) is 0.571. The van der Waals surface area contributed by atoms with E-state index < -0.39 is 38.9 Å². The number of carbonyl (C=O) groups excluding carboxylic acids is 3. The predicted octanol–water partition coefficient (Wildman–Crippen LogP) is 0.301. The molecule has 0 spiro atoms. The number of rotatable bonds is 2. The van der Waals surface area contributed by atoms with E-state index in [0.717, 1.165) is 0 Å². The highest BCUT2D eigenvalue weighted by Gasteiger charge is 2.59. The highest BCUT2D eigenvalue weighted by molar-refractivity contribution is 6.67. The Bertz CT molecular complexity index is 380. The van der Waals surface area contributed by atoms with Crippen LogP contribution >= 0.6 is 34.8 Å². The predicted molar refractivity (Wildman–Crippen MR) is 51.6 cm³/mol. The third-order valence-electron chi connectivity index (χ3n) is 2.09. The minimum atomic E-state index is -2.33. The number of hydroxylamine groups is 4. The van der Waals surface area contributed by atoms with Crippen molar-refractivity contribution in [1.29, 1.82) is 0 Å². The summed E-state index contributed by atoms with van der Waals surface area (Å²) >= 11 is 16.3. The van der Waals surface area contributed by atoms with Gasteiger partial charge in [-0.1, -0.05) is 34.8 Å². The molecule has 1 rings (SSSR count). The Balaban J connectivity index is 2.89. The van der Waals surface area contributed by atoms with Crippen molar-refractivity contribution in [1.82, 2.24) is 0 Å². The molecule has 1 fully saturated rings. The van der Waals surface area contributed by atoms with Gasteiger partial charge in [-0.05, 0) is 0 Å². The molecule has 0 aromatic rings. The molecule has 0 bridgehead atoms. The number of hydrogen-bond acceptors (Lipinski definition) is 6. The highest BCUT2D eigenvalue weighted by atomic mass is 35.6. The number of quaternary nitrogens is 1. The lowest BCUT2D eigenvalue weighted by Crippen LogP contribution is -2.53. The smallest absolute Gasteiger partial charge is 0.388 e. The maximum atomic E-state index is 11.6. The summed E-state index contributed by atoms with van der Waals surface area (Å²) in [6.45, 7) is 0. The van der Waals surface area contributed by atoms with E-state index in [0.29, 0.717) is 0 Å². The molecule has 1 saturated heterocycles. The summed E-state index contributed by atoms with van der Waals surface area (Å²) in [4.78, 5) is 34.4. The number of alkyl halides is 3. The summed E-state index contributed by atoms with van der Waals surface area (Å²) in [5, 5.41) is 19.6. The number of hydrogen-bond donors (Lipinski definition) is 1. The van der Waals surface area contributed by atoms with Gasteiger partial charge in [0.15, 0.2) is 3.79 Å². The van der Waals surface area contributed by atoms with E-state index in [9.17, 15) is 24.7 Å². The first-order valence-electron chi connectivity index (χ1n) is 4.23. The SMILES string of the molecule is O=C([O-])O[N+]1(O)C(=O)CC(CC(Cl)(Cl)Cl)C1=O. The Kier molecular flexibility index (Phi) is 3.90. The van der Waals surface area contributed by atoms with E-state index in [1.54, 1.807) is 0 Å². The summed E-state index contributed by atoms with van der Waals surface area (Å²) in [6.07, 6.45) is -3.06. The maximum Gasteiger partial charge on any atom is 0.388 e. The van der Waals surface area contributed by atoms with E-state index in [1.165, 1.54) is 0 Å². The van der Waals surface area contributed by atoms with E-state index in [-0.39, 0.29) is 6.42 Å². The van der Waals surface area contributed by atoms with E-state index in [1.807, 2.05) is 0 Å². The quantitative estimate of drug-likeness (QED) is 0.340. The van der Waals surface area contributed by atoms with Crippen molar-refractivity contribution >= 4 is 52.8 Å². The molecule has 2 amide bonds. The van der Waals surface area contributed by atoms with Gasteiger partial charge in [-0.3, -0.25) is 0 Å². The minimum absolute atomic E-state index is 0.348. The van der Waals surface area contributed by atoms with E-state index >= 15 is 0 Å². The average molecular weight is 306 g/mol. The van der Waals surface area contributed by atoms with Crippen LogP contribution in [0.2, 0.25) is 0 Å². The molecule has 1 N–H and O–H groups in total. The van der Waals surface area contributed by atoms with Gasteiger partial charge >= 0.3 is 18.0 Å². The van der Waals surface area contributed by atoms with Crippen molar-refractivity contribution in [3.8, 4) is 0 Å². The molecule has 0 radical (unpaired) electrons. The van der Waals surface area contributed by atoms with Gasteiger partial charge in [-0.25, -0.2) is 9.59 Å². The van der Waals surface area contributed by atoms with Crippen molar-refractivity contribution in [3.63, 3.8) is 0 Å². The number of carbonyl (C=O) groups is 3. The number of imide groups is 1. The monoisotopic (exact) mass is 305 g/mol. The normalized spacial score (nSPS) is 29.5. The number of amides is 2. The van der Waals surface area contributed by atoms with Crippen LogP contribution in [0.25, 0.3) is 0 Å². The highest BCUT2D eigenvalue weighted by Crippen LogP contribution is 2.39. The second-order valence-electron chi connectivity index (χ2n) is 3.37. The van der Waals surface area contributed by atoms with Crippen LogP contribution in [-0.2, 0) is 14.4 Å². The van der Waals surface area contributed by atoms with Crippen molar-refractivity contribution in [3.05, 3.63) is 0 Å². The van der Waals surface area contributed by atoms with Gasteiger partial charge in [0.05, 0.1) is 17.1 Å². The number of nitrogens with zero attached hydrogens (tertiary/aromatic N) is 1. The van der Waals surface area contributed by atoms with Crippen LogP contribution in [0.15, 0.2) is 0 Å². The molecule has 0 aliphatic carbocycles. The molecule has 10 heteroatoms. The van der Waals surface area contributed by atoms with Crippen LogP contribution in [0.5, 0.6) is 0 Å². The molecule has 1 aliphatic heterocycles. The molecule has 2 atom stereocenters. The Morgan fingerprint density at radius 3 is 2.47 bits per heavy atom. The van der Waals surface area contributed by atoms with Crippen LogP contribution in [0, 0.1) is 5.92 Å². The molecule has 17 heavy (non-hydrogen) atoms. The van der Waals surface area contributed by atoms with Gasteiger partial charge in [0.1, 0.15) is 0 Å². The largest absolute Gasteiger partial charge is 0.422 e. The number of carboxylic acid groups (broad SMARTS) is 1. The van der Waals surface area contributed by atoms with Crippen LogP contribution < -0.4 is 5.11 Å². The van der Waals surface area contributed by atoms with Crippen molar-refractivity contribution in [2.75, 3.05) is 0 Å². The molecule has 2 unspecified atom stereocenters.